The number of carbonyl (C=O) groups is 2. The van der Waals surface area contributed by atoms with E-state index in [9.17, 15) is 9.59 Å². The Labute approximate surface area is 261 Å². The molecular weight excluding hydrogens is 583 g/mol. The molecule has 43 heavy (non-hydrogen) atoms. The zero-order valence-corrected chi connectivity index (χ0v) is 27.8. The molecular formula is C32H45N5O4S2. The van der Waals surface area contributed by atoms with E-state index >= 15 is 0 Å². The number of nitrogens with one attached hydrogen (secondary N) is 1. The molecule has 0 spiro atoms. The van der Waals surface area contributed by atoms with Gasteiger partial charge in [0.05, 0.1) is 24.0 Å². The molecule has 0 saturated carbocycles. The first-order valence-corrected chi connectivity index (χ1v) is 18.5. The van der Waals surface area contributed by atoms with E-state index in [0.717, 1.165) is 39.9 Å². The molecule has 11 heteroatoms. The van der Waals surface area contributed by atoms with Crippen LogP contribution in [0.1, 0.15) is 40.2 Å². The Morgan fingerprint density at radius 2 is 2.00 bits per heavy atom. The third-order valence-corrected chi connectivity index (χ3v) is 9.64. The Kier molecular flexibility index (Phi) is 11.3. The maximum atomic E-state index is 13.7. The van der Waals surface area contributed by atoms with Crippen LogP contribution in [0.2, 0.25) is 0 Å². The van der Waals surface area contributed by atoms with Crippen LogP contribution in [0.15, 0.2) is 54.0 Å². The van der Waals surface area contributed by atoms with Gasteiger partial charge in [-0.2, -0.15) is 0 Å². The highest BCUT2D eigenvalue weighted by atomic mass is 32.3. The summed E-state index contributed by atoms with van der Waals surface area (Å²) in [7, 11) is 3.06. The second-order valence-corrected chi connectivity index (χ2v) is 17.2. The van der Waals surface area contributed by atoms with Crippen molar-refractivity contribution >= 4 is 50.6 Å². The van der Waals surface area contributed by atoms with Gasteiger partial charge in [-0.3, -0.25) is 4.79 Å². The molecule has 0 fully saturated rings. The van der Waals surface area contributed by atoms with Gasteiger partial charge in [-0.25, -0.2) is 19.8 Å². The monoisotopic (exact) mass is 627 g/mol. The molecule has 1 unspecified atom stereocenters. The molecule has 234 valence electrons. The molecule has 4 rings (SSSR count). The number of anilines is 3. The molecule has 1 aromatic carbocycles. The lowest BCUT2D eigenvalue weighted by molar-refractivity contribution is 0.0297. The minimum absolute atomic E-state index is 0.0664. The second-order valence-electron chi connectivity index (χ2n) is 11.6. The van der Waals surface area contributed by atoms with Crippen molar-refractivity contribution in [2.45, 2.75) is 26.1 Å². The number of pyridine rings is 1. The van der Waals surface area contributed by atoms with Crippen molar-refractivity contribution in [1.29, 1.82) is 0 Å². The molecule has 0 aliphatic carbocycles. The molecule has 9 nitrogen and oxygen atoms in total. The summed E-state index contributed by atoms with van der Waals surface area (Å²) in [5.74, 6) is 1.59. The number of benzene rings is 1. The van der Waals surface area contributed by atoms with Gasteiger partial charge in [-0.05, 0) is 61.3 Å². The number of carbonyl (C=O) groups excluding carboxylic acids is 2. The Hall–Kier alpha value is -3.28. The van der Waals surface area contributed by atoms with Gasteiger partial charge in [0.2, 0.25) is 0 Å². The molecule has 0 saturated heterocycles. The fraction of sp³-hybridized carbons (Fsp3) is 0.469. The van der Waals surface area contributed by atoms with Crippen LogP contribution in [-0.2, 0) is 16.1 Å². The first kappa shape index (κ1) is 32.6. The van der Waals surface area contributed by atoms with Crippen LogP contribution < -0.4 is 15.1 Å². The standard InChI is InChI=1S/C32H45N5O4S2/c1-7-33-30-21-27-26(22-34-30)31(38)37(16-15-35(27)2)25-11-8-10-24(20-25)23-41-28(29-12-9-18-42-29)13-14-36(3)32(39)40-17-19-43(4,5)6/h8-12,18,20-22,28H,7,13-17,19,23H2,1-6H3,(H,33,34). The van der Waals surface area contributed by atoms with Crippen molar-refractivity contribution in [3.8, 4) is 0 Å². The van der Waals surface area contributed by atoms with Crippen LogP contribution in [0.5, 0.6) is 0 Å². The molecule has 3 aromatic rings. The van der Waals surface area contributed by atoms with Crippen molar-refractivity contribution in [3.63, 3.8) is 0 Å². The van der Waals surface area contributed by atoms with Gasteiger partial charge in [0, 0.05) is 68.9 Å². The summed E-state index contributed by atoms with van der Waals surface area (Å²) in [6.07, 6.45) is 8.48. The maximum absolute atomic E-state index is 13.7. The molecule has 0 radical (unpaired) electrons. The van der Waals surface area contributed by atoms with Gasteiger partial charge in [0.1, 0.15) is 12.4 Å². The van der Waals surface area contributed by atoms with E-state index in [4.69, 9.17) is 9.47 Å². The molecule has 2 aromatic heterocycles. The van der Waals surface area contributed by atoms with Gasteiger partial charge >= 0.3 is 6.09 Å². The molecule has 1 aliphatic rings. The van der Waals surface area contributed by atoms with Gasteiger partial charge in [-0.15, -0.1) is 11.3 Å². The molecule has 0 bridgehead atoms. The van der Waals surface area contributed by atoms with Gasteiger partial charge in [0.25, 0.3) is 5.91 Å². The second kappa shape index (κ2) is 14.9. The highest BCUT2D eigenvalue weighted by molar-refractivity contribution is 8.32. The topological polar surface area (TPSA) is 87.2 Å². The molecule has 1 N–H and O–H groups in total. The van der Waals surface area contributed by atoms with Crippen molar-refractivity contribution < 1.29 is 19.1 Å². The lowest BCUT2D eigenvalue weighted by Gasteiger charge is -2.26. The molecule has 1 aliphatic heterocycles. The van der Waals surface area contributed by atoms with Crippen molar-refractivity contribution in [1.82, 2.24) is 9.88 Å². The van der Waals surface area contributed by atoms with Crippen LogP contribution >= 0.6 is 21.4 Å². The Morgan fingerprint density at radius 3 is 2.72 bits per heavy atom. The fourth-order valence-corrected chi connectivity index (χ4v) is 6.14. The summed E-state index contributed by atoms with van der Waals surface area (Å²) in [4.78, 5) is 37.3. The van der Waals surface area contributed by atoms with Crippen LogP contribution in [-0.4, -0.2) is 93.3 Å². The summed E-state index contributed by atoms with van der Waals surface area (Å²) < 4.78 is 11.9. The number of hydrogen-bond acceptors (Lipinski definition) is 8. The summed E-state index contributed by atoms with van der Waals surface area (Å²) in [5.41, 5.74) is 3.27. The number of rotatable bonds is 13. The number of nitrogens with zero attached hydrogens (tertiary/aromatic N) is 4. The number of ether oxygens (including phenoxy) is 2. The molecule has 1 atom stereocenters. The normalized spacial score (nSPS) is 14.6. The van der Waals surface area contributed by atoms with Crippen LogP contribution in [0.3, 0.4) is 0 Å². The number of likely N-dealkylation sites (N-methyl/N-ethyl adjacent to an activating group) is 1. The third-order valence-electron chi connectivity index (χ3n) is 7.28. The summed E-state index contributed by atoms with van der Waals surface area (Å²) in [6, 6.07) is 14.0. The summed E-state index contributed by atoms with van der Waals surface area (Å²) in [6.45, 7) is 5.38. The first-order chi connectivity index (χ1) is 20.6. The molecule has 3 heterocycles. The molecule has 2 amide bonds. The SMILES string of the molecule is CCNc1cc2c(cn1)C(=O)N(c1cccc(COC(CCN(C)C(=O)OCCS(C)(C)C)c3cccs3)c1)CCN2C. The first-order valence-electron chi connectivity index (χ1n) is 14.6. The quantitative estimate of drug-likeness (QED) is 0.246. The van der Waals surface area contributed by atoms with E-state index in [1.54, 1.807) is 29.5 Å². The number of hydrogen-bond donors (Lipinski definition) is 1. The lowest BCUT2D eigenvalue weighted by Crippen LogP contribution is -2.33. The largest absolute Gasteiger partial charge is 0.449 e. The number of thiophene rings is 1. The highest BCUT2D eigenvalue weighted by Gasteiger charge is 2.27. The highest BCUT2D eigenvalue weighted by Crippen LogP contribution is 2.34. The summed E-state index contributed by atoms with van der Waals surface area (Å²) in [5, 5.41) is 5.27. The minimum Gasteiger partial charge on any atom is -0.449 e. The van der Waals surface area contributed by atoms with Crippen molar-refractivity contribution in [2.75, 3.05) is 86.5 Å². The van der Waals surface area contributed by atoms with Gasteiger partial charge < -0.3 is 29.5 Å². The van der Waals surface area contributed by atoms with E-state index in [1.807, 2.05) is 60.6 Å². The van der Waals surface area contributed by atoms with E-state index in [1.165, 1.54) is 0 Å². The Morgan fingerprint density at radius 1 is 1.19 bits per heavy atom. The average molecular weight is 628 g/mol. The van der Waals surface area contributed by atoms with Crippen molar-refractivity contribution in [2.24, 2.45) is 0 Å². The van der Waals surface area contributed by atoms with Gasteiger partial charge in [-0.1, -0.05) is 18.2 Å². The lowest BCUT2D eigenvalue weighted by atomic mass is 10.1. The number of fused-ring (bicyclic) bond motifs is 1. The van der Waals surface area contributed by atoms with Crippen molar-refractivity contribution in [3.05, 3.63) is 70.0 Å². The zero-order chi connectivity index (χ0) is 31.0. The fourth-order valence-electron chi connectivity index (χ4n) is 4.75. The minimum atomic E-state index is -0.712. The third kappa shape index (κ3) is 9.11. The average Bonchev–Trinajstić information content (AvgIpc) is 3.47. The Bertz CT molecular complexity index is 1360. The summed E-state index contributed by atoms with van der Waals surface area (Å²) >= 11 is 1.64. The predicted molar refractivity (Wildman–Crippen MR) is 180 cm³/mol. The van der Waals surface area contributed by atoms with E-state index in [2.05, 4.69) is 40.0 Å². The van der Waals surface area contributed by atoms with E-state index in [-0.39, 0.29) is 18.1 Å². The van der Waals surface area contributed by atoms with Gasteiger partial charge in [0.15, 0.2) is 0 Å². The Balaban J connectivity index is 1.41. The zero-order valence-electron chi connectivity index (χ0n) is 26.2. The number of amides is 2. The number of aromatic nitrogens is 1. The van der Waals surface area contributed by atoms with Crippen LogP contribution in [0, 0.1) is 0 Å². The van der Waals surface area contributed by atoms with E-state index < -0.39 is 10.0 Å². The van der Waals surface area contributed by atoms with Crippen LogP contribution in [0.4, 0.5) is 22.0 Å². The maximum Gasteiger partial charge on any atom is 0.409 e. The predicted octanol–water partition coefficient (Wildman–Crippen LogP) is 6.08. The van der Waals surface area contributed by atoms with E-state index in [0.29, 0.717) is 44.8 Å². The smallest absolute Gasteiger partial charge is 0.409 e. The van der Waals surface area contributed by atoms with Crippen LogP contribution in [0.25, 0.3) is 0 Å².